The number of phenols is 1. The molecule has 0 radical (unpaired) electrons. The fourth-order valence-corrected chi connectivity index (χ4v) is 3.74. The molecular formula is C24H21NO3. The first kappa shape index (κ1) is 18.0. The Bertz CT molecular complexity index is 1220. The van der Waals surface area contributed by atoms with Gasteiger partial charge in [-0.25, -0.2) is 0 Å². The number of carbonyl (C=O) groups excluding carboxylic acids is 2. The maximum absolute atomic E-state index is 12.9. The number of aromatic nitrogens is 1. The van der Waals surface area contributed by atoms with Crippen molar-refractivity contribution in [2.24, 2.45) is 0 Å². The minimum absolute atomic E-state index is 0.0971. The number of hydrogen-bond acceptors (Lipinski definition) is 3. The van der Waals surface area contributed by atoms with Gasteiger partial charge in [0.2, 0.25) is 0 Å². The number of rotatable bonds is 5. The molecular weight excluding hydrogens is 350 g/mol. The van der Waals surface area contributed by atoms with Crippen LogP contribution in [0.25, 0.3) is 21.8 Å². The lowest BCUT2D eigenvalue weighted by Crippen LogP contribution is -2.01. The number of phenolic OH excluding ortho intramolecular Hbond substituents is 1. The predicted molar refractivity (Wildman–Crippen MR) is 111 cm³/mol. The SMILES string of the molecule is CCC(=O)c1ccc2c(c1)c1cc(C(=O)c3ccc(O)cc3)ccc1n2CC. The summed E-state index contributed by atoms with van der Waals surface area (Å²) in [4.78, 5) is 25.1. The lowest BCUT2D eigenvalue weighted by atomic mass is 10.00. The van der Waals surface area contributed by atoms with Gasteiger partial charge in [0.15, 0.2) is 11.6 Å². The Hall–Kier alpha value is -3.40. The maximum atomic E-state index is 12.9. The maximum Gasteiger partial charge on any atom is 0.193 e. The summed E-state index contributed by atoms with van der Waals surface area (Å²) in [7, 11) is 0. The Morgan fingerprint density at radius 2 is 1.32 bits per heavy atom. The van der Waals surface area contributed by atoms with Gasteiger partial charge in [-0.05, 0) is 67.6 Å². The van der Waals surface area contributed by atoms with Crippen molar-refractivity contribution in [1.29, 1.82) is 0 Å². The molecule has 140 valence electrons. The van der Waals surface area contributed by atoms with Crippen molar-refractivity contribution in [3.05, 3.63) is 77.4 Å². The fraction of sp³-hybridized carbons (Fsp3) is 0.167. The van der Waals surface area contributed by atoms with Crippen molar-refractivity contribution < 1.29 is 14.7 Å². The van der Waals surface area contributed by atoms with Gasteiger partial charge in [-0.1, -0.05) is 6.92 Å². The van der Waals surface area contributed by atoms with Gasteiger partial charge in [-0.3, -0.25) is 9.59 Å². The van der Waals surface area contributed by atoms with Crippen LogP contribution < -0.4 is 0 Å². The number of benzene rings is 3. The van der Waals surface area contributed by atoms with Crippen molar-refractivity contribution in [3.63, 3.8) is 0 Å². The lowest BCUT2D eigenvalue weighted by molar-refractivity contribution is 0.0987. The molecule has 28 heavy (non-hydrogen) atoms. The number of fused-ring (bicyclic) bond motifs is 3. The highest BCUT2D eigenvalue weighted by atomic mass is 16.3. The molecule has 1 aromatic heterocycles. The summed E-state index contributed by atoms with van der Waals surface area (Å²) in [6.45, 7) is 4.74. The van der Waals surface area contributed by atoms with E-state index in [1.54, 1.807) is 12.1 Å². The second-order valence-corrected chi connectivity index (χ2v) is 6.86. The van der Waals surface area contributed by atoms with Crippen LogP contribution in [-0.2, 0) is 6.54 Å². The van der Waals surface area contributed by atoms with Crippen molar-refractivity contribution in [2.45, 2.75) is 26.8 Å². The van der Waals surface area contributed by atoms with Gasteiger partial charge in [-0.2, -0.15) is 0 Å². The Labute approximate surface area is 163 Å². The van der Waals surface area contributed by atoms with Crippen LogP contribution in [0, 0.1) is 0 Å². The molecule has 0 aliphatic rings. The average Bonchev–Trinajstić information content (AvgIpc) is 3.05. The fourth-order valence-electron chi connectivity index (χ4n) is 3.74. The highest BCUT2D eigenvalue weighted by Crippen LogP contribution is 2.31. The van der Waals surface area contributed by atoms with E-state index in [0.717, 1.165) is 28.4 Å². The van der Waals surface area contributed by atoms with Gasteiger partial charge < -0.3 is 9.67 Å². The van der Waals surface area contributed by atoms with Crippen LogP contribution >= 0.6 is 0 Å². The van der Waals surface area contributed by atoms with E-state index in [1.165, 1.54) is 12.1 Å². The Balaban J connectivity index is 1.92. The van der Waals surface area contributed by atoms with Crippen LogP contribution in [0.4, 0.5) is 0 Å². The highest BCUT2D eigenvalue weighted by Gasteiger charge is 2.15. The van der Waals surface area contributed by atoms with Gasteiger partial charge in [-0.15, -0.1) is 0 Å². The van der Waals surface area contributed by atoms with Crippen molar-refractivity contribution in [1.82, 2.24) is 4.57 Å². The number of carbonyl (C=O) groups is 2. The largest absolute Gasteiger partial charge is 0.508 e. The van der Waals surface area contributed by atoms with E-state index in [0.29, 0.717) is 23.1 Å². The van der Waals surface area contributed by atoms with E-state index < -0.39 is 0 Å². The number of hydrogen-bond donors (Lipinski definition) is 1. The smallest absolute Gasteiger partial charge is 0.193 e. The van der Waals surface area contributed by atoms with Crippen LogP contribution in [0.15, 0.2) is 60.7 Å². The van der Waals surface area contributed by atoms with Gasteiger partial charge in [0.25, 0.3) is 0 Å². The third-order valence-electron chi connectivity index (χ3n) is 5.22. The van der Waals surface area contributed by atoms with Gasteiger partial charge in [0.05, 0.1) is 0 Å². The van der Waals surface area contributed by atoms with E-state index >= 15 is 0 Å². The molecule has 0 unspecified atom stereocenters. The van der Waals surface area contributed by atoms with Gasteiger partial charge >= 0.3 is 0 Å². The molecule has 0 spiro atoms. The molecule has 0 atom stereocenters. The Morgan fingerprint density at radius 1 is 0.786 bits per heavy atom. The molecule has 1 heterocycles. The number of aromatic hydroxyl groups is 1. The first-order valence-electron chi connectivity index (χ1n) is 9.46. The van der Waals surface area contributed by atoms with E-state index in [2.05, 4.69) is 11.5 Å². The second-order valence-electron chi connectivity index (χ2n) is 6.86. The van der Waals surface area contributed by atoms with Crippen molar-refractivity contribution in [2.75, 3.05) is 0 Å². The molecule has 0 saturated heterocycles. The summed E-state index contributed by atoms with van der Waals surface area (Å²) >= 11 is 0. The van der Waals surface area contributed by atoms with Gasteiger partial charge in [0.1, 0.15) is 5.75 Å². The monoisotopic (exact) mass is 371 g/mol. The molecule has 1 N–H and O–H groups in total. The summed E-state index contributed by atoms with van der Waals surface area (Å²) in [6.07, 6.45) is 0.461. The predicted octanol–water partition coefficient (Wildman–Crippen LogP) is 5.34. The second kappa shape index (κ2) is 6.97. The van der Waals surface area contributed by atoms with E-state index in [4.69, 9.17) is 0 Å². The number of Topliss-reactive ketones (excluding diaryl/α,β-unsaturated/α-hetero) is 1. The molecule has 0 aliphatic carbocycles. The summed E-state index contributed by atoms with van der Waals surface area (Å²) < 4.78 is 2.19. The molecule has 4 aromatic rings. The molecule has 3 aromatic carbocycles. The van der Waals surface area contributed by atoms with E-state index in [9.17, 15) is 14.7 Å². The summed E-state index contributed by atoms with van der Waals surface area (Å²) in [5, 5.41) is 11.4. The Kier molecular flexibility index (Phi) is 4.47. The van der Waals surface area contributed by atoms with E-state index in [1.807, 2.05) is 43.3 Å². The third-order valence-corrected chi connectivity index (χ3v) is 5.22. The lowest BCUT2D eigenvalue weighted by Gasteiger charge is -2.05. The summed E-state index contributed by atoms with van der Waals surface area (Å²) in [6, 6.07) is 17.8. The summed E-state index contributed by atoms with van der Waals surface area (Å²) in [5.41, 5.74) is 3.90. The molecule has 4 nitrogen and oxygen atoms in total. The highest BCUT2D eigenvalue weighted by molar-refractivity contribution is 6.15. The minimum atomic E-state index is -0.0971. The Morgan fingerprint density at radius 3 is 1.89 bits per heavy atom. The van der Waals surface area contributed by atoms with Crippen LogP contribution in [0.5, 0.6) is 5.75 Å². The zero-order valence-corrected chi connectivity index (χ0v) is 15.9. The first-order chi connectivity index (χ1) is 13.5. The topological polar surface area (TPSA) is 59.3 Å². The number of aryl methyl sites for hydroxylation is 1. The molecule has 0 amide bonds. The summed E-state index contributed by atoms with van der Waals surface area (Å²) in [5.74, 6) is 0.141. The first-order valence-corrected chi connectivity index (χ1v) is 9.46. The van der Waals surface area contributed by atoms with Crippen molar-refractivity contribution in [3.8, 4) is 5.75 Å². The zero-order chi connectivity index (χ0) is 19.8. The molecule has 4 heteroatoms. The third kappa shape index (κ3) is 2.87. The van der Waals surface area contributed by atoms with E-state index in [-0.39, 0.29) is 17.3 Å². The van der Waals surface area contributed by atoms with Crippen LogP contribution in [0.3, 0.4) is 0 Å². The van der Waals surface area contributed by atoms with Gasteiger partial charge in [0, 0.05) is 51.5 Å². The molecule has 0 fully saturated rings. The number of ketones is 2. The molecule has 4 rings (SSSR count). The average molecular weight is 371 g/mol. The minimum Gasteiger partial charge on any atom is -0.508 e. The standard InChI is InChI=1S/C24H21NO3/c1-3-23(27)16-7-11-21-19(13-16)20-14-17(8-12-22(20)25(21)4-2)24(28)15-5-9-18(26)10-6-15/h5-14,26H,3-4H2,1-2H3. The molecule has 0 saturated carbocycles. The molecule has 0 aliphatic heterocycles. The zero-order valence-electron chi connectivity index (χ0n) is 15.9. The normalized spacial score (nSPS) is 11.2. The van der Waals surface area contributed by atoms with Crippen LogP contribution in [0.1, 0.15) is 46.5 Å². The van der Waals surface area contributed by atoms with Crippen LogP contribution in [0.2, 0.25) is 0 Å². The number of nitrogens with zero attached hydrogens (tertiary/aromatic N) is 1. The van der Waals surface area contributed by atoms with Crippen molar-refractivity contribution >= 4 is 33.4 Å². The van der Waals surface area contributed by atoms with Crippen LogP contribution in [-0.4, -0.2) is 21.2 Å². The quantitative estimate of drug-likeness (QED) is 0.482. The molecule has 0 bridgehead atoms.